The minimum absolute atomic E-state index is 0.289. The predicted octanol–water partition coefficient (Wildman–Crippen LogP) is 3.97. The topological polar surface area (TPSA) is 63.1 Å². The number of pyridine rings is 1. The van der Waals surface area contributed by atoms with Crippen LogP contribution < -0.4 is 5.32 Å². The van der Waals surface area contributed by atoms with Crippen LogP contribution in [0.2, 0.25) is 0 Å². The van der Waals surface area contributed by atoms with Crippen molar-refractivity contribution in [2.45, 2.75) is 13.1 Å². The van der Waals surface area contributed by atoms with E-state index >= 15 is 0 Å². The summed E-state index contributed by atoms with van der Waals surface area (Å²) in [7, 11) is 0. The standard InChI is InChI=1S/C21H20FN5OS/c1-14(29-2)26-9-10-27-18(12-26)20(16-7-8-23-19(11-16)24-13-28)21(25-27)15-3-5-17(22)6-4-15/h3-8,11,13H,1,9-10,12H2,2H3,(H,23,24,28). The van der Waals surface area contributed by atoms with Crippen LogP contribution in [0.3, 0.4) is 0 Å². The van der Waals surface area contributed by atoms with Gasteiger partial charge in [0.2, 0.25) is 6.41 Å². The van der Waals surface area contributed by atoms with E-state index in [2.05, 4.69) is 21.8 Å². The highest BCUT2D eigenvalue weighted by Gasteiger charge is 2.26. The maximum absolute atomic E-state index is 13.5. The second kappa shape index (κ2) is 8.08. The third kappa shape index (κ3) is 3.75. The SMILES string of the molecule is C=C(SC)N1CCn2nc(-c3ccc(F)cc3)c(-c3ccnc(NC=O)c3)c2C1. The molecule has 0 saturated carbocycles. The summed E-state index contributed by atoms with van der Waals surface area (Å²) in [6.45, 7) is 6.37. The van der Waals surface area contributed by atoms with E-state index < -0.39 is 0 Å². The van der Waals surface area contributed by atoms with Crippen molar-refractivity contribution < 1.29 is 9.18 Å². The van der Waals surface area contributed by atoms with Gasteiger partial charge in [-0.15, -0.1) is 11.8 Å². The lowest BCUT2D eigenvalue weighted by molar-refractivity contribution is -0.105. The minimum atomic E-state index is -0.289. The third-order valence-corrected chi connectivity index (χ3v) is 5.67. The molecule has 0 radical (unpaired) electrons. The molecule has 0 spiro atoms. The van der Waals surface area contributed by atoms with Gasteiger partial charge in [-0.25, -0.2) is 9.37 Å². The van der Waals surface area contributed by atoms with Crippen molar-refractivity contribution in [1.29, 1.82) is 0 Å². The predicted molar refractivity (Wildman–Crippen MR) is 114 cm³/mol. The van der Waals surface area contributed by atoms with Crippen LogP contribution in [-0.2, 0) is 17.9 Å². The molecule has 4 rings (SSSR count). The number of rotatable bonds is 6. The zero-order valence-electron chi connectivity index (χ0n) is 15.9. The smallest absolute Gasteiger partial charge is 0.212 e. The summed E-state index contributed by atoms with van der Waals surface area (Å²) in [5, 5.41) is 8.44. The van der Waals surface area contributed by atoms with Gasteiger partial charge in [-0.3, -0.25) is 9.48 Å². The first-order valence-electron chi connectivity index (χ1n) is 9.10. The number of halogens is 1. The van der Waals surface area contributed by atoms with Crippen molar-refractivity contribution >= 4 is 24.0 Å². The van der Waals surface area contributed by atoms with E-state index in [1.54, 1.807) is 30.1 Å². The van der Waals surface area contributed by atoms with Gasteiger partial charge in [0.05, 0.1) is 23.8 Å². The molecule has 3 aromatic rings. The average Bonchev–Trinajstić information content (AvgIpc) is 3.13. The highest BCUT2D eigenvalue weighted by atomic mass is 32.2. The fourth-order valence-electron chi connectivity index (χ4n) is 3.50. The summed E-state index contributed by atoms with van der Waals surface area (Å²) in [4.78, 5) is 17.3. The zero-order valence-corrected chi connectivity index (χ0v) is 16.7. The number of fused-ring (bicyclic) bond motifs is 1. The van der Waals surface area contributed by atoms with Gasteiger partial charge in [-0.2, -0.15) is 5.10 Å². The number of amides is 1. The van der Waals surface area contributed by atoms with Gasteiger partial charge in [0.25, 0.3) is 0 Å². The molecule has 1 aliphatic rings. The van der Waals surface area contributed by atoms with Gasteiger partial charge in [-0.1, -0.05) is 6.58 Å². The van der Waals surface area contributed by atoms with Crippen molar-refractivity contribution in [2.24, 2.45) is 0 Å². The Kier molecular flexibility index (Phi) is 5.35. The summed E-state index contributed by atoms with van der Waals surface area (Å²) in [6.07, 6.45) is 4.27. The van der Waals surface area contributed by atoms with Crippen LogP contribution in [0.1, 0.15) is 5.69 Å². The Bertz CT molecular complexity index is 1060. The van der Waals surface area contributed by atoms with Crippen LogP contribution in [-0.4, -0.2) is 38.9 Å². The number of nitrogens with one attached hydrogen (secondary N) is 1. The average molecular weight is 409 g/mol. The van der Waals surface area contributed by atoms with E-state index in [4.69, 9.17) is 5.10 Å². The van der Waals surface area contributed by atoms with Crippen molar-refractivity contribution in [1.82, 2.24) is 19.7 Å². The van der Waals surface area contributed by atoms with E-state index in [0.29, 0.717) is 18.8 Å². The highest BCUT2D eigenvalue weighted by Crippen LogP contribution is 2.38. The number of benzene rings is 1. The summed E-state index contributed by atoms with van der Waals surface area (Å²) in [6, 6.07) is 10.1. The van der Waals surface area contributed by atoms with E-state index in [1.807, 2.05) is 23.1 Å². The number of carbonyl (C=O) groups is 1. The van der Waals surface area contributed by atoms with Gasteiger partial charge >= 0.3 is 0 Å². The van der Waals surface area contributed by atoms with E-state index in [9.17, 15) is 9.18 Å². The largest absolute Gasteiger partial charge is 0.359 e. The molecule has 1 aliphatic heterocycles. The zero-order chi connectivity index (χ0) is 20.4. The van der Waals surface area contributed by atoms with Gasteiger partial charge in [0.15, 0.2) is 0 Å². The molecule has 1 N–H and O–H groups in total. The molecule has 0 saturated heterocycles. The van der Waals surface area contributed by atoms with Crippen LogP contribution in [0.15, 0.2) is 54.2 Å². The maximum Gasteiger partial charge on any atom is 0.212 e. The molecule has 3 heterocycles. The first-order valence-corrected chi connectivity index (χ1v) is 10.3. The number of hydrogen-bond acceptors (Lipinski definition) is 5. The van der Waals surface area contributed by atoms with E-state index in [-0.39, 0.29) is 5.82 Å². The summed E-state index contributed by atoms with van der Waals surface area (Å²) in [5.74, 6) is 0.173. The molecular weight excluding hydrogens is 389 g/mol. The second-order valence-corrected chi connectivity index (χ2v) is 7.49. The van der Waals surface area contributed by atoms with Crippen LogP contribution in [0.25, 0.3) is 22.4 Å². The molecule has 0 fully saturated rings. The molecule has 6 nitrogen and oxygen atoms in total. The Morgan fingerprint density at radius 1 is 1.24 bits per heavy atom. The molecular formula is C21H20FN5OS. The third-order valence-electron chi connectivity index (χ3n) is 4.94. The maximum atomic E-state index is 13.5. The van der Waals surface area contributed by atoms with E-state index in [0.717, 1.165) is 46.2 Å². The Hall–Kier alpha value is -3.13. The Morgan fingerprint density at radius 3 is 2.76 bits per heavy atom. The van der Waals surface area contributed by atoms with Crippen LogP contribution >= 0.6 is 11.8 Å². The molecule has 1 amide bonds. The molecule has 29 heavy (non-hydrogen) atoms. The number of thioether (sulfide) groups is 1. The lowest BCUT2D eigenvalue weighted by Crippen LogP contribution is -2.32. The van der Waals surface area contributed by atoms with Crippen LogP contribution in [0, 0.1) is 5.82 Å². The highest BCUT2D eigenvalue weighted by molar-refractivity contribution is 8.02. The molecule has 0 aliphatic carbocycles. The quantitative estimate of drug-likeness (QED) is 0.624. The van der Waals surface area contributed by atoms with Gasteiger partial charge in [0.1, 0.15) is 17.3 Å². The number of aromatic nitrogens is 3. The number of carbonyl (C=O) groups excluding carboxylic acids is 1. The van der Waals surface area contributed by atoms with Crippen molar-refractivity contribution in [3.63, 3.8) is 0 Å². The van der Waals surface area contributed by atoms with Gasteiger partial charge in [0, 0.05) is 23.9 Å². The molecule has 0 bridgehead atoms. The monoisotopic (exact) mass is 409 g/mol. The normalized spacial score (nSPS) is 13.1. The fraction of sp³-hybridized carbons (Fsp3) is 0.190. The molecule has 0 unspecified atom stereocenters. The van der Waals surface area contributed by atoms with Gasteiger partial charge < -0.3 is 10.2 Å². The lowest BCUT2D eigenvalue weighted by Gasteiger charge is -2.30. The minimum Gasteiger partial charge on any atom is -0.359 e. The van der Waals surface area contributed by atoms with Gasteiger partial charge in [-0.05, 0) is 48.2 Å². The number of anilines is 1. The molecule has 8 heteroatoms. The Labute approximate surface area is 172 Å². The summed E-state index contributed by atoms with van der Waals surface area (Å²) >= 11 is 1.62. The van der Waals surface area contributed by atoms with Crippen molar-refractivity contribution in [3.8, 4) is 22.4 Å². The molecule has 148 valence electrons. The summed E-state index contributed by atoms with van der Waals surface area (Å²) in [5.41, 5.74) is 4.50. The van der Waals surface area contributed by atoms with Crippen molar-refractivity contribution in [3.05, 3.63) is 65.7 Å². The number of hydrogen-bond donors (Lipinski definition) is 1. The number of nitrogens with zero attached hydrogens (tertiary/aromatic N) is 4. The summed E-state index contributed by atoms with van der Waals surface area (Å²) < 4.78 is 15.5. The van der Waals surface area contributed by atoms with Crippen LogP contribution in [0.5, 0.6) is 0 Å². The molecule has 1 aromatic carbocycles. The Morgan fingerprint density at radius 2 is 2.03 bits per heavy atom. The molecule has 2 aromatic heterocycles. The first-order chi connectivity index (χ1) is 14.1. The first kappa shape index (κ1) is 19.2. The van der Waals surface area contributed by atoms with Crippen LogP contribution in [0.4, 0.5) is 10.2 Å². The molecule has 0 atom stereocenters. The fourth-order valence-corrected chi connectivity index (χ4v) is 3.91. The lowest BCUT2D eigenvalue weighted by atomic mass is 9.98. The Balaban J connectivity index is 1.88. The van der Waals surface area contributed by atoms with E-state index in [1.165, 1.54) is 12.1 Å². The second-order valence-electron chi connectivity index (χ2n) is 6.61. The van der Waals surface area contributed by atoms with Crippen molar-refractivity contribution in [2.75, 3.05) is 18.1 Å².